The molecular weight excluding hydrogens is 370 g/mol. The number of nitriles is 1. The van der Waals surface area contributed by atoms with E-state index in [0.29, 0.717) is 36.9 Å². The Labute approximate surface area is 171 Å². The lowest BCUT2D eigenvalue weighted by Gasteiger charge is -2.16. The SMILES string of the molecule is CCOc1cc(C=C(C#N)C(=O)O)ccc1OCCOc1c(C)ccc(C)c1C. The minimum Gasteiger partial charge on any atom is -0.490 e. The van der Waals surface area contributed by atoms with Gasteiger partial charge in [0.25, 0.3) is 0 Å². The van der Waals surface area contributed by atoms with Crippen LogP contribution in [0.1, 0.15) is 29.2 Å². The van der Waals surface area contributed by atoms with Gasteiger partial charge in [-0.3, -0.25) is 0 Å². The first-order chi connectivity index (χ1) is 13.9. The fourth-order valence-corrected chi connectivity index (χ4v) is 2.75. The van der Waals surface area contributed by atoms with Gasteiger partial charge in [0, 0.05) is 0 Å². The Kier molecular flexibility index (Phi) is 7.67. The van der Waals surface area contributed by atoms with Crippen molar-refractivity contribution < 1.29 is 24.1 Å². The van der Waals surface area contributed by atoms with Gasteiger partial charge in [0.1, 0.15) is 30.6 Å². The van der Waals surface area contributed by atoms with Gasteiger partial charge in [0.15, 0.2) is 11.5 Å². The minimum absolute atomic E-state index is 0.320. The number of hydrogen-bond acceptors (Lipinski definition) is 5. The summed E-state index contributed by atoms with van der Waals surface area (Å²) in [7, 11) is 0. The molecule has 6 nitrogen and oxygen atoms in total. The fraction of sp³-hybridized carbons (Fsp3) is 0.304. The van der Waals surface area contributed by atoms with E-state index in [0.717, 1.165) is 16.9 Å². The number of aryl methyl sites for hydroxylation is 2. The smallest absolute Gasteiger partial charge is 0.346 e. The predicted molar refractivity (Wildman–Crippen MR) is 110 cm³/mol. The van der Waals surface area contributed by atoms with Gasteiger partial charge < -0.3 is 19.3 Å². The van der Waals surface area contributed by atoms with Crippen LogP contribution in [0.25, 0.3) is 6.08 Å². The molecule has 0 saturated heterocycles. The van der Waals surface area contributed by atoms with Crippen LogP contribution < -0.4 is 14.2 Å². The quantitative estimate of drug-likeness (QED) is 0.383. The summed E-state index contributed by atoms with van der Waals surface area (Å²) in [5, 5.41) is 17.9. The third-order valence-corrected chi connectivity index (χ3v) is 4.39. The van der Waals surface area contributed by atoms with Gasteiger partial charge in [-0.1, -0.05) is 18.2 Å². The van der Waals surface area contributed by atoms with Crippen molar-refractivity contribution in [3.05, 3.63) is 58.2 Å². The number of ether oxygens (including phenoxy) is 3. The van der Waals surface area contributed by atoms with Crippen LogP contribution in [0.4, 0.5) is 0 Å². The molecular formula is C23H25NO5. The summed E-state index contributed by atoms with van der Waals surface area (Å²) in [5.74, 6) is 0.604. The van der Waals surface area contributed by atoms with Crippen LogP contribution in [0.2, 0.25) is 0 Å². The van der Waals surface area contributed by atoms with Crippen molar-refractivity contribution in [2.75, 3.05) is 19.8 Å². The molecule has 0 aromatic heterocycles. The van der Waals surface area contributed by atoms with Crippen LogP contribution >= 0.6 is 0 Å². The van der Waals surface area contributed by atoms with Crippen molar-refractivity contribution >= 4 is 12.0 Å². The summed E-state index contributed by atoms with van der Waals surface area (Å²) in [4.78, 5) is 11.0. The van der Waals surface area contributed by atoms with E-state index in [9.17, 15) is 4.79 Å². The predicted octanol–water partition coefficient (Wildman–Crippen LogP) is 4.46. The number of carboxylic acid groups (broad SMARTS) is 1. The van der Waals surface area contributed by atoms with Crippen molar-refractivity contribution in [3.8, 4) is 23.3 Å². The molecule has 152 valence electrons. The first-order valence-electron chi connectivity index (χ1n) is 9.31. The van der Waals surface area contributed by atoms with Gasteiger partial charge >= 0.3 is 5.97 Å². The van der Waals surface area contributed by atoms with Gasteiger partial charge in [0.05, 0.1) is 6.61 Å². The van der Waals surface area contributed by atoms with Crippen LogP contribution in [-0.4, -0.2) is 30.9 Å². The number of carboxylic acids is 1. The van der Waals surface area contributed by atoms with Gasteiger partial charge in [-0.15, -0.1) is 0 Å². The van der Waals surface area contributed by atoms with Crippen molar-refractivity contribution in [1.29, 1.82) is 5.26 Å². The lowest BCUT2D eigenvalue weighted by atomic mass is 10.1. The highest BCUT2D eigenvalue weighted by Crippen LogP contribution is 2.30. The second kappa shape index (κ2) is 10.2. The van der Waals surface area contributed by atoms with E-state index >= 15 is 0 Å². The van der Waals surface area contributed by atoms with E-state index in [4.69, 9.17) is 24.6 Å². The molecule has 0 atom stereocenters. The van der Waals surface area contributed by atoms with Crippen molar-refractivity contribution in [3.63, 3.8) is 0 Å². The summed E-state index contributed by atoms with van der Waals surface area (Å²) in [5.41, 5.74) is 3.56. The Morgan fingerprint density at radius 3 is 2.38 bits per heavy atom. The van der Waals surface area contributed by atoms with Crippen molar-refractivity contribution in [2.45, 2.75) is 27.7 Å². The summed E-state index contributed by atoms with van der Waals surface area (Å²) in [6, 6.07) is 10.8. The van der Waals surface area contributed by atoms with Gasteiger partial charge in [-0.25, -0.2) is 4.79 Å². The normalized spacial score (nSPS) is 10.9. The molecule has 0 unspecified atom stereocenters. The molecule has 2 aromatic rings. The maximum Gasteiger partial charge on any atom is 0.346 e. The second-order valence-electron chi connectivity index (χ2n) is 6.46. The number of hydrogen-bond donors (Lipinski definition) is 1. The highest BCUT2D eigenvalue weighted by atomic mass is 16.5. The Bertz CT molecular complexity index is 956. The van der Waals surface area contributed by atoms with Crippen LogP contribution in [0, 0.1) is 32.1 Å². The maximum absolute atomic E-state index is 11.0. The average Bonchev–Trinajstić information content (AvgIpc) is 2.69. The number of rotatable bonds is 9. The van der Waals surface area contributed by atoms with E-state index < -0.39 is 5.97 Å². The van der Waals surface area contributed by atoms with Crippen molar-refractivity contribution in [2.24, 2.45) is 0 Å². The topological polar surface area (TPSA) is 88.8 Å². The lowest BCUT2D eigenvalue weighted by molar-refractivity contribution is -0.132. The standard InChI is InChI=1S/C23H25NO5/c1-5-27-21-13-18(12-19(14-24)23(25)26)8-9-20(21)28-10-11-29-22-16(3)7-6-15(2)17(22)4/h6-9,12-13H,5,10-11H2,1-4H3,(H,25,26). The van der Waals surface area contributed by atoms with Gasteiger partial charge in [-0.2, -0.15) is 5.26 Å². The molecule has 0 saturated carbocycles. The molecule has 2 aromatic carbocycles. The largest absolute Gasteiger partial charge is 0.490 e. The Morgan fingerprint density at radius 1 is 1.03 bits per heavy atom. The first kappa shape index (κ1) is 21.8. The molecule has 6 heteroatoms. The molecule has 0 amide bonds. The summed E-state index contributed by atoms with van der Waals surface area (Å²) >= 11 is 0. The Hall–Kier alpha value is -3.46. The van der Waals surface area contributed by atoms with Crippen LogP contribution in [0.5, 0.6) is 17.2 Å². The third kappa shape index (κ3) is 5.76. The first-order valence-corrected chi connectivity index (χ1v) is 9.31. The van der Waals surface area contributed by atoms with E-state index in [-0.39, 0.29) is 5.57 Å². The highest BCUT2D eigenvalue weighted by Gasteiger charge is 2.10. The average molecular weight is 395 g/mol. The van der Waals surface area contributed by atoms with E-state index in [1.807, 2.05) is 33.8 Å². The van der Waals surface area contributed by atoms with Gasteiger partial charge in [-0.05, 0) is 68.2 Å². The Balaban J connectivity index is 2.08. The fourth-order valence-electron chi connectivity index (χ4n) is 2.75. The number of aliphatic carboxylic acids is 1. The second-order valence-corrected chi connectivity index (χ2v) is 6.46. The summed E-state index contributed by atoms with van der Waals surface area (Å²) in [6.45, 7) is 9.04. The minimum atomic E-state index is -1.27. The molecule has 2 rings (SSSR count). The number of carbonyl (C=O) groups is 1. The third-order valence-electron chi connectivity index (χ3n) is 4.39. The molecule has 1 N–H and O–H groups in total. The van der Waals surface area contributed by atoms with E-state index in [1.165, 1.54) is 11.6 Å². The highest BCUT2D eigenvalue weighted by molar-refractivity contribution is 5.96. The summed E-state index contributed by atoms with van der Waals surface area (Å²) in [6.07, 6.45) is 1.29. The molecule has 29 heavy (non-hydrogen) atoms. The van der Waals surface area contributed by atoms with Crippen LogP contribution in [0.3, 0.4) is 0 Å². The zero-order valence-corrected chi connectivity index (χ0v) is 17.1. The van der Waals surface area contributed by atoms with Crippen molar-refractivity contribution in [1.82, 2.24) is 0 Å². The van der Waals surface area contributed by atoms with E-state index in [1.54, 1.807) is 24.3 Å². The summed E-state index contributed by atoms with van der Waals surface area (Å²) < 4.78 is 17.3. The molecule has 0 radical (unpaired) electrons. The maximum atomic E-state index is 11.0. The zero-order valence-electron chi connectivity index (χ0n) is 17.1. The Morgan fingerprint density at radius 2 is 1.72 bits per heavy atom. The van der Waals surface area contributed by atoms with Crippen LogP contribution in [0.15, 0.2) is 35.9 Å². The molecule has 0 spiro atoms. The number of nitrogens with zero attached hydrogens (tertiary/aromatic N) is 1. The lowest BCUT2D eigenvalue weighted by Crippen LogP contribution is -2.11. The van der Waals surface area contributed by atoms with Gasteiger partial charge in [0.2, 0.25) is 0 Å². The van der Waals surface area contributed by atoms with Crippen LogP contribution in [-0.2, 0) is 4.79 Å². The molecule has 0 heterocycles. The molecule has 0 bridgehead atoms. The number of benzene rings is 2. The van der Waals surface area contributed by atoms with E-state index in [2.05, 4.69) is 6.07 Å². The molecule has 0 fully saturated rings. The molecule has 0 aliphatic carbocycles. The molecule has 0 aliphatic heterocycles. The monoisotopic (exact) mass is 395 g/mol. The molecule has 0 aliphatic rings. The zero-order chi connectivity index (χ0) is 21.4.